The summed E-state index contributed by atoms with van der Waals surface area (Å²) in [6.07, 6.45) is 0. The number of benzene rings is 2. The molecular formula is C17H19N3O2. The third-order valence-corrected chi connectivity index (χ3v) is 3.13. The van der Waals surface area contributed by atoms with E-state index < -0.39 is 0 Å². The van der Waals surface area contributed by atoms with Crippen molar-refractivity contribution >= 4 is 17.3 Å². The van der Waals surface area contributed by atoms with Crippen molar-refractivity contribution in [2.75, 3.05) is 12.3 Å². The summed E-state index contributed by atoms with van der Waals surface area (Å²) in [6.45, 7) is 3.66. The Morgan fingerprint density at radius 3 is 2.55 bits per heavy atom. The van der Waals surface area contributed by atoms with E-state index in [2.05, 4.69) is 10.5 Å². The number of carbonyl (C=O) groups excluding carboxylic acids is 1. The van der Waals surface area contributed by atoms with Crippen molar-refractivity contribution in [2.45, 2.75) is 13.8 Å². The second-order valence-corrected chi connectivity index (χ2v) is 4.91. The van der Waals surface area contributed by atoms with Gasteiger partial charge in [-0.25, -0.2) is 5.43 Å². The van der Waals surface area contributed by atoms with Crippen molar-refractivity contribution in [3.63, 3.8) is 0 Å². The Kier molecular flexibility index (Phi) is 5.14. The summed E-state index contributed by atoms with van der Waals surface area (Å²) in [4.78, 5) is 11.8. The summed E-state index contributed by atoms with van der Waals surface area (Å²) in [7, 11) is 0. The second-order valence-electron chi connectivity index (χ2n) is 4.91. The number of nitrogen functional groups attached to an aromatic ring is 1. The van der Waals surface area contributed by atoms with E-state index in [0.717, 1.165) is 11.1 Å². The highest BCUT2D eigenvalue weighted by Gasteiger charge is 2.04. The maximum Gasteiger partial charge on any atom is 0.277 e. The Hall–Kier alpha value is -2.82. The smallest absolute Gasteiger partial charge is 0.277 e. The van der Waals surface area contributed by atoms with Gasteiger partial charge in [0.2, 0.25) is 0 Å². The molecule has 0 fully saturated rings. The molecule has 0 unspecified atom stereocenters. The molecule has 0 aliphatic carbocycles. The summed E-state index contributed by atoms with van der Waals surface area (Å²) in [5.74, 6) is 0.384. The summed E-state index contributed by atoms with van der Waals surface area (Å²) in [6, 6.07) is 14.8. The molecule has 5 nitrogen and oxygen atoms in total. The number of nitrogens with one attached hydrogen (secondary N) is 1. The zero-order chi connectivity index (χ0) is 15.9. The monoisotopic (exact) mass is 297 g/mol. The van der Waals surface area contributed by atoms with Crippen LogP contribution in [0.2, 0.25) is 0 Å². The van der Waals surface area contributed by atoms with Gasteiger partial charge in [0.1, 0.15) is 5.75 Å². The van der Waals surface area contributed by atoms with Crippen LogP contribution in [-0.4, -0.2) is 18.2 Å². The molecule has 0 bridgehead atoms. The highest BCUT2D eigenvalue weighted by atomic mass is 16.5. The van der Waals surface area contributed by atoms with Gasteiger partial charge in [0.05, 0.1) is 5.71 Å². The van der Waals surface area contributed by atoms with Gasteiger partial charge in [0, 0.05) is 5.69 Å². The van der Waals surface area contributed by atoms with Crippen LogP contribution in [0.4, 0.5) is 5.69 Å². The van der Waals surface area contributed by atoms with E-state index >= 15 is 0 Å². The number of nitrogens with two attached hydrogens (primary N) is 1. The molecule has 0 aliphatic heterocycles. The Balaban J connectivity index is 1.88. The predicted molar refractivity (Wildman–Crippen MR) is 87.9 cm³/mol. The Bertz CT molecular complexity index is 679. The van der Waals surface area contributed by atoms with Gasteiger partial charge < -0.3 is 10.5 Å². The largest absolute Gasteiger partial charge is 0.483 e. The molecule has 0 saturated carbocycles. The average molecular weight is 297 g/mol. The van der Waals surface area contributed by atoms with Gasteiger partial charge in [-0.05, 0) is 43.2 Å². The van der Waals surface area contributed by atoms with E-state index in [4.69, 9.17) is 10.5 Å². The molecule has 5 heteroatoms. The number of anilines is 1. The van der Waals surface area contributed by atoms with Crippen LogP contribution in [0.3, 0.4) is 0 Å². The van der Waals surface area contributed by atoms with Gasteiger partial charge >= 0.3 is 0 Å². The summed E-state index contributed by atoms with van der Waals surface area (Å²) < 4.78 is 5.45. The van der Waals surface area contributed by atoms with Crippen LogP contribution in [0, 0.1) is 6.92 Å². The second kappa shape index (κ2) is 7.26. The molecular weight excluding hydrogens is 278 g/mol. The molecule has 1 amide bonds. The maximum atomic E-state index is 11.8. The van der Waals surface area contributed by atoms with Crippen LogP contribution in [-0.2, 0) is 4.79 Å². The number of hydrogen-bond acceptors (Lipinski definition) is 4. The minimum Gasteiger partial charge on any atom is -0.483 e. The SMILES string of the molecule is CC(=NNC(=O)COc1ccccc1C)c1ccc(N)cc1. The Morgan fingerprint density at radius 2 is 1.86 bits per heavy atom. The van der Waals surface area contributed by atoms with Crippen molar-refractivity contribution in [1.82, 2.24) is 5.43 Å². The predicted octanol–water partition coefficient (Wildman–Crippen LogP) is 2.50. The first-order chi connectivity index (χ1) is 10.6. The van der Waals surface area contributed by atoms with E-state index in [1.54, 1.807) is 12.1 Å². The standard InChI is InChI=1S/C17H19N3O2/c1-12-5-3-4-6-16(12)22-11-17(21)20-19-13(2)14-7-9-15(18)10-8-14/h3-10H,11,18H2,1-2H3,(H,20,21). The molecule has 0 radical (unpaired) electrons. The van der Waals surface area contributed by atoms with E-state index in [0.29, 0.717) is 17.1 Å². The molecule has 0 aliphatic rings. The van der Waals surface area contributed by atoms with Crippen LogP contribution in [0.5, 0.6) is 5.75 Å². The Labute approximate surface area is 129 Å². The number of nitrogens with zero attached hydrogens (tertiary/aromatic N) is 1. The number of hydrogen-bond donors (Lipinski definition) is 2. The highest BCUT2D eigenvalue weighted by molar-refractivity contribution is 5.99. The molecule has 0 heterocycles. The third kappa shape index (κ3) is 4.34. The molecule has 114 valence electrons. The minimum atomic E-state index is -0.307. The lowest BCUT2D eigenvalue weighted by Gasteiger charge is -2.08. The highest BCUT2D eigenvalue weighted by Crippen LogP contribution is 2.15. The Morgan fingerprint density at radius 1 is 1.18 bits per heavy atom. The number of ether oxygens (including phenoxy) is 1. The van der Waals surface area contributed by atoms with Gasteiger partial charge in [-0.1, -0.05) is 30.3 Å². The van der Waals surface area contributed by atoms with Crippen molar-refractivity contribution < 1.29 is 9.53 Å². The van der Waals surface area contributed by atoms with Crippen LogP contribution >= 0.6 is 0 Å². The molecule has 2 aromatic rings. The van der Waals surface area contributed by atoms with Crippen molar-refractivity contribution in [2.24, 2.45) is 5.10 Å². The zero-order valence-electron chi connectivity index (χ0n) is 12.7. The lowest BCUT2D eigenvalue weighted by Crippen LogP contribution is -2.25. The molecule has 22 heavy (non-hydrogen) atoms. The molecule has 2 rings (SSSR count). The lowest BCUT2D eigenvalue weighted by molar-refractivity contribution is -0.123. The minimum absolute atomic E-state index is 0.0800. The first-order valence-corrected chi connectivity index (χ1v) is 6.94. The molecule has 3 N–H and O–H groups in total. The van der Waals surface area contributed by atoms with Crippen molar-refractivity contribution in [3.8, 4) is 5.75 Å². The van der Waals surface area contributed by atoms with E-state index in [-0.39, 0.29) is 12.5 Å². The lowest BCUT2D eigenvalue weighted by atomic mass is 10.1. The number of carbonyl (C=O) groups is 1. The van der Waals surface area contributed by atoms with Crippen LogP contribution in [0.25, 0.3) is 0 Å². The van der Waals surface area contributed by atoms with Gasteiger partial charge in [0.15, 0.2) is 6.61 Å². The van der Waals surface area contributed by atoms with Crippen molar-refractivity contribution in [3.05, 3.63) is 59.7 Å². The molecule has 0 atom stereocenters. The van der Waals surface area contributed by atoms with Crippen LogP contribution in [0.15, 0.2) is 53.6 Å². The van der Waals surface area contributed by atoms with Gasteiger partial charge in [-0.2, -0.15) is 5.10 Å². The van der Waals surface area contributed by atoms with E-state index in [9.17, 15) is 4.79 Å². The molecule has 0 saturated heterocycles. The number of amides is 1. The fourth-order valence-electron chi connectivity index (χ4n) is 1.83. The first kappa shape index (κ1) is 15.6. The van der Waals surface area contributed by atoms with Crippen molar-refractivity contribution in [1.29, 1.82) is 0 Å². The fourth-order valence-corrected chi connectivity index (χ4v) is 1.83. The molecule has 0 spiro atoms. The number of rotatable bonds is 5. The normalized spacial score (nSPS) is 11.1. The average Bonchev–Trinajstić information content (AvgIpc) is 2.52. The van der Waals surface area contributed by atoms with Crippen LogP contribution < -0.4 is 15.9 Å². The number of hydrazone groups is 1. The maximum absolute atomic E-state index is 11.8. The van der Waals surface area contributed by atoms with Crippen LogP contribution in [0.1, 0.15) is 18.1 Å². The van der Waals surface area contributed by atoms with Gasteiger partial charge in [0.25, 0.3) is 5.91 Å². The van der Waals surface area contributed by atoms with Gasteiger partial charge in [-0.3, -0.25) is 4.79 Å². The van der Waals surface area contributed by atoms with E-state index in [1.807, 2.05) is 50.2 Å². The molecule has 2 aromatic carbocycles. The topological polar surface area (TPSA) is 76.7 Å². The van der Waals surface area contributed by atoms with Gasteiger partial charge in [-0.15, -0.1) is 0 Å². The quantitative estimate of drug-likeness (QED) is 0.506. The third-order valence-electron chi connectivity index (χ3n) is 3.13. The first-order valence-electron chi connectivity index (χ1n) is 6.94. The van der Waals surface area contributed by atoms with E-state index in [1.165, 1.54) is 0 Å². The number of para-hydroxylation sites is 1. The zero-order valence-corrected chi connectivity index (χ0v) is 12.7. The number of aryl methyl sites for hydroxylation is 1. The fraction of sp³-hybridized carbons (Fsp3) is 0.176. The summed E-state index contributed by atoms with van der Waals surface area (Å²) in [5.41, 5.74) is 11.4. The summed E-state index contributed by atoms with van der Waals surface area (Å²) in [5, 5.41) is 4.05. The molecule has 0 aromatic heterocycles. The summed E-state index contributed by atoms with van der Waals surface area (Å²) >= 11 is 0.